The van der Waals surface area contributed by atoms with E-state index in [4.69, 9.17) is 5.11 Å². The first-order valence-electron chi connectivity index (χ1n) is 6.20. The van der Waals surface area contributed by atoms with E-state index in [2.05, 4.69) is 16.6 Å². The molecule has 0 bridgehead atoms. The van der Waals surface area contributed by atoms with E-state index < -0.39 is 10.0 Å². The molecule has 1 atom stereocenters. The van der Waals surface area contributed by atoms with Crippen LogP contribution < -0.4 is 4.72 Å². The van der Waals surface area contributed by atoms with E-state index in [9.17, 15) is 8.42 Å². The van der Waals surface area contributed by atoms with Crippen molar-refractivity contribution < 1.29 is 13.5 Å². The van der Waals surface area contributed by atoms with Crippen LogP contribution in [-0.4, -0.2) is 38.2 Å². The van der Waals surface area contributed by atoms with E-state index in [1.807, 2.05) is 13.2 Å². The van der Waals surface area contributed by atoms with Crippen LogP contribution >= 0.6 is 11.8 Å². The first-order chi connectivity index (χ1) is 9.49. The average Bonchev–Trinajstić information content (AvgIpc) is 2.43. The minimum absolute atomic E-state index is 0.0960. The second-order valence-electron chi connectivity index (χ2n) is 4.29. The van der Waals surface area contributed by atoms with Gasteiger partial charge in [-0.25, -0.2) is 13.1 Å². The molecule has 0 aliphatic heterocycles. The van der Waals surface area contributed by atoms with Crippen molar-refractivity contribution in [2.24, 2.45) is 0 Å². The maximum atomic E-state index is 12.1. The van der Waals surface area contributed by atoms with E-state index in [1.54, 1.807) is 23.9 Å². The van der Waals surface area contributed by atoms with Crippen LogP contribution in [0.3, 0.4) is 0 Å². The minimum atomic E-state index is -3.48. The molecule has 0 saturated carbocycles. The lowest BCUT2D eigenvalue weighted by molar-refractivity contribution is 0.350. The quantitative estimate of drug-likeness (QED) is 0.780. The molecule has 0 fully saturated rings. The number of nitrogens with one attached hydrogen (secondary N) is 1. The van der Waals surface area contributed by atoms with Crippen molar-refractivity contribution in [3.05, 3.63) is 29.8 Å². The van der Waals surface area contributed by atoms with Crippen LogP contribution in [0.5, 0.6) is 0 Å². The monoisotopic (exact) mass is 313 g/mol. The zero-order valence-electron chi connectivity index (χ0n) is 11.6. The molecule has 0 heterocycles. The van der Waals surface area contributed by atoms with Gasteiger partial charge < -0.3 is 5.11 Å². The Morgan fingerprint density at radius 2 is 2.00 bits per heavy atom. The second-order valence-corrected chi connectivity index (χ2v) is 6.99. The Hall–Kier alpha value is -1.00. The molecule has 2 N–H and O–H groups in total. The van der Waals surface area contributed by atoms with Crippen LogP contribution in [-0.2, 0) is 10.0 Å². The fourth-order valence-corrected chi connectivity index (χ4v) is 3.41. The van der Waals surface area contributed by atoms with Gasteiger partial charge in [-0.3, -0.25) is 0 Å². The average molecular weight is 313 g/mol. The third-order valence-corrected chi connectivity index (χ3v) is 4.84. The summed E-state index contributed by atoms with van der Waals surface area (Å²) in [5.74, 6) is 6.16. The van der Waals surface area contributed by atoms with Gasteiger partial charge in [0.1, 0.15) is 6.61 Å². The van der Waals surface area contributed by atoms with Gasteiger partial charge in [-0.15, -0.1) is 0 Å². The first-order valence-corrected chi connectivity index (χ1v) is 9.08. The van der Waals surface area contributed by atoms with E-state index in [0.29, 0.717) is 5.56 Å². The van der Waals surface area contributed by atoms with Gasteiger partial charge in [0.05, 0.1) is 4.90 Å². The highest BCUT2D eigenvalue weighted by molar-refractivity contribution is 7.98. The molecule has 0 spiro atoms. The Morgan fingerprint density at radius 1 is 1.35 bits per heavy atom. The zero-order chi connectivity index (χ0) is 15.0. The second kappa shape index (κ2) is 8.32. The highest BCUT2D eigenvalue weighted by atomic mass is 32.2. The van der Waals surface area contributed by atoms with Crippen molar-refractivity contribution in [2.45, 2.75) is 24.3 Å². The highest BCUT2D eigenvalue weighted by Crippen LogP contribution is 2.11. The third-order valence-electron chi connectivity index (χ3n) is 2.59. The number of hydrogen-bond donors (Lipinski definition) is 2. The summed E-state index contributed by atoms with van der Waals surface area (Å²) in [6.07, 6.45) is 2.79. The molecule has 0 aliphatic rings. The minimum Gasteiger partial charge on any atom is -0.384 e. The van der Waals surface area contributed by atoms with Gasteiger partial charge >= 0.3 is 0 Å². The highest BCUT2D eigenvalue weighted by Gasteiger charge is 2.16. The number of rotatable bonds is 6. The van der Waals surface area contributed by atoms with E-state index >= 15 is 0 Å². The van der Waals surface area contributed by atoms with Gasteiger partial charge in [-0.1, -0.05) is 11.8 Å². The van der Waals surface area contributed by atoms with Gasteiger partial charge in [-0.05, 0) is 49.6 Å². The first kappa shape index (κ1) is 17.1. The van der Waals surface area contributed by atoms with Crippen LogP contribution in [0.15, 0.2) is 29.2 Å². The molecule has 1 unspecified atom stereocenters. The van der Waals surface area contributed by atoms with Gasteiger partial charge in [0.2, 0.25) is 10.0 Å². The number of sulfonamides is 1. The zero-order valence-corrected chi connectivity index (χ0v) is 13.2. The normalized spacial score (nSPS) is 12.6. The predicted octanol–water partition coefficient (Wildman–Crippen LogP) is 1.45. The predicted molar refractivity (Wildman–Crippen MR) is 83.2 cm³/mol. The van der Waals surface area contributed by atoms with Gasteiger partial charge in [-0.2, -0.15) is 11.8 Å². The van der Waals surface area contributed by atoms with Crippen molar-refractivity contribution >= 4 is 21.8 Å². The molecule has 0 radical (unpaired) electrons. The lowest BCUT2D eigenvalue weighted by Gasteiger charge is -2.13. The lowest BCUT2D eigenvalue weighted by atomic mass is 10.2. The molecule has 0 aliphatic carbocycles. The van der Waals surface area contributed by atoms with Crippen LogP contribution in [0, 0.1) is 11.8 Å². The molecular weight excluding hydrogens is 294 g/mol. The summed E-state index contributed by atoms with van der Waals surface area (Å²) in [5.41, 5.74) is 0.674. The van der Waals surface area contributed by atoms with Crippen molar-refractivity contribution in [3.63, 3.8) is 0 Å². The molecule has 0 saturated heterocycles. The summed E-state index contributed by atoms with van der Waals surface area (Å²) in [6, 6.07) is 6.20. The molecular formula is C14H19NO3S2. The number of benzene rings is 1. The van der Waals surface area contributed by atoms with E-state index in [0.717, 1.165) is 12.2 Å². The SMILES string of the molecule is CSCCC(C)NS(=O)(=O)c1ccc(C#CCO)cc1. The molecule has 6 heteroatoms. The van der Waals surface area contributed by atoms with Crippen molar-refractivity contribution in [3.8, 4) is 11.8 Å². The largest absolute Gasteiger partial charge is 0.384 e. The smallest absolute Gasteiger partial charge is 0.240 e. The summed E-state index contributed by atoms with van der Waals surface area (Å²) in [6.45, 7) is 1.64. The summed E-state index contributed by atoms with van der Waals surface area (Å²) in [5, 5.41) is 8.60. The van der Waals surface area contributed by atoms with Gasteiger partial charge in [0, 0.05) is 11.6 Å². The summed E-state index contributed by atoms with van der Waals surface area (Å²) in [4.78, 5) is 0.225. The molecule has 1 aromatic rings. The number of thioether (sulfide) groups is 1. The van der Waals surface area contributed by atoms with E-state index in [1.165, 1.54) is 12.1 Å². The Labute approximate surface area is 125 Å². The van der Waals surface area contributed by atoms with Crippen LogP contribution in [0.2, 0.25) is 0 Å². The lowest BCUT2D eigenvalue weighted by Crippen LogP contribution is -2.32. The van der Waals surface area contributed by atoms with Gasteiger partial charge in [0.25, 0.3) is 0 Å². The Bertz CT molecular complexity index is 571. The molecule has 20 heavy (non-hydrogen) atoms. The van der Waals surface area contributed by atoms with Crippen LogP contribution in [0.1, 0.15) is 18.9 Å². The Kier molecular flexibility index (Phi) is 7.10. The Balaban J connectivity index is 2.77. The number of aliphatic hydroxyl groups excluding tert-OH is 1. The van der Waals surface area contributed by atoms with E-state index in [-0.39, 0.29) is 17.5 Å². The summed E-state index contributed by atoms with van der Waals surface area (Å²) in [7, 11) is -3.48. The fourth-order valence-electron chi connectivity index (χ4n) is 1.55. The maximum absolute atomic E-state index is 12.1. The van der Waals surface area contributed by atoms with Crippen LogP contribution in [0.25, 0.3) is 0 Å². The maximum Gasteiger partial charge on any atom is 0.240 e. The standard InChI is InChI=1S/C14H19NO3S2/c1-12(9-11-19-2)15-20(17,18)14-7-5-13(6-8-14)4-3-10-16/h5-8,12,15-16H,9-11H2,1-2H3. The van der Waals surface area contributed by atoms with Gasteiger partial charge in [0.15, 0.2) is 0 Å². The van der Waals surface area contributed by atoms with Crippen molar-refractivity contribution in [1.82, 2.24) is 4.72 Å². The third kappa shape index (κ3) is 5.55. The fraction of sp³-hybridized carbons (Fsp3) is 0.429. The number of hydrogen-bond acceptors (Lipinski definition) is 4. The topological polar surface area (TPSA) is 66.4 Å². The van der Waals surface area contributed by atoms with Crippen molar-refractivity contribution in [1.29, 1.82) is 0 Å². The molecule has 110 valence electrons. The molecule has 0 aromatic heterocycles. The molecule has 1 aromatic carbocycles. The summed E-state index contributed by atoms with van der Waals surface area (Å²) < 4.78 is 26.9. The Morgan fingerprint density at radius 3 is 2.55 bits per heavy atom. The number of aliphatic hydroxyl groups is 1. The molecule has 0 amide bonds. The molecule has 1 rings (SSSR count). The molecule has 4 nitrogen and oxygen atoms in total. The van der Waals surface area contributed by atoms with Crippen LogP contribution in [0.4, 0.5) is 0 Å². The van der Waals surface area contributed by atoms with Crippen molar-refractivity contribution in [2.75, 3.05) is 18.6 Å². The summed E-state index contributed by atoms with van der Waals surface area (Å²) >= 11 is 1.69.